The zero-order valence-electron chi connectivity index (χ0n) is 13.0. The van der Waals surface area contributed by atoms with Gasteiger partial charge in [0.05, 0.1) is 35.6 Å². The Morgan fingerprint density at radius 2 is 2.00 bits per heavy atom. The number of aryl methyl sites for hydroxylation is 2. The van der Waals surface area contributed by atoms with Crippen molar-refractivity contribution in [3.8, 4) is 11.5 Å². The Hall–Kier alpha value is -3.09. The van der Waals surface area contributed by atoms with E-state index in [0.717, 1.165) is 22.9 Å². The van der Waals surface area contributed by atoms with Gasteiger partial charge in [0.1, 0.15) is 0 Å². The molecule has 0 atom stereocenters. The maximum absolute atomic E-state index is 11.1. The predicted molar refractivity (Wildman–Crippen MR) is 88.4 cm³/mol. The maximum Gasteiger partial charge on any atom is 0.282 e. The standard InChI is InChI=1S/C16H17N3O4/c1-10-4-5-13(6-11(10)2)18-17-9-12-7-15(20)16(23-3)8-14(12)19(21)22/h4-9,18,20H,1-3H3. The summed E-state index contributed by atoms with van der Waals surface area (Å²) in [6, 6.07) is 8.14. The predicted octanol–water partition coefficient (Wildman–Crippen LogP) is 3.37. The number of nitro groups is 1. The Labute approximate surface area is 133 Å². The van der Waals surface area contributed by atoms with Gasteiger partial charge in [-0.2, -0.15) is 5.10 Å². The van der Waals surface area contributed by atoms with E-state index in [2.05, 4.69) is 10.5 Å². The van der Waals surface area contributed by atoms with Crippen molar-refractivity contribution in [3.05, 3.63) is 57.1 Å². The fourth-order valence-corrected chi connectivity index (χ4v) is 1.99. The molecule has 0 amide bonds. The zero-order chi connectivity index (χ0) is 17.0. The highest BCUT2D eigenvalue weighted by atomic mass is 16.6. The van der Waals surface area contributed by atoms with E-state index in [9.17, 15) is 15.2 Å². The van der Waals surface area contributed by atoms with Gasteiger partial charge in [-0.15, -0.1) is 0 Å². The van der Waals surface area contributed by atoms with Crippen molar-refractivity contribution < 1.29 is 14.8 Å². The number of nitro benzene ring substituents is 1. The van der Waals surface area contributed by atoms with Gasteiger partial charge < -0.3 is 9.84 Å². The molecule has 0 aliphatic rings. The summed E-state index contributed by atoms with van der Waals surface area (Å²) in [6.07, 6.45) is 1.28. The van der Waals surface area contributed by atoms with Crippen LogP contribution in [0.4, 0.5) is 11.4 Å². The van der Waals surface area contributed by atoms with Gasteiger partial charge in [0.2, 0.25) is 0 Å². The van der Waals surface area contributed by atoms with Crippen molar-refractivity contribution in [2.24, 2.45) is 5.10 Å². The minimum atomic E-state index is -0.556. The van der Waals surface area contributed by atoms with Crippen LogP contribution in [0.5, 0.6) is 11.5 Å². The van der Waals surface area contributed by atoms with E-state index in [-0.39, 0.29) is 22.7 Å². The molecule has 0 saturated carbocycles. The lowest BCUT2D eigenvalue weighted by Crippen LogP contribution is -1.98. The number of phenols is 1. The molecule has 0 radical (unpaired) electrons. The summed E-state index contributed by atoms with van der Waals surface area (Å²) in [4.78, 5) is 10.5. The number of phenolic OH excluding ortho intramolecular Hbond substituents is 1. The van der Waals surface area contributed by atoms with Crippen LogP contribution in [-0.4, -0.2) is 23.4 Å². The Kier molecular flexibility index (Phi) is 4.80. The van der Waals surface area contributed by atoms with Crippen LogP contribution in [-0.2, 0) is 0 Å². The molecule has 0 saturated heterocycles. The Morgan fingerprint density at radius 3 is 2.61 bits per heavy atom. The molecule has 2 aromatic rings. The Balaban J connectivity index is 2.26. The molecule has 0 unspecified atom stereocenters. The number of rotatable bonds is 5. The lowest BCUT2D eigenvalue weighted by molar-refractivity contribution is -0.385. The van der Waals surface area contributed by atoms with Crippen LogP contribution in [0.2, 0.25) is 0 Å². The van der Waals surface area contributed by atoms with Crippen LogP contribution in [0, 0.1) is 24.0 Å². The summed E-state index contributed by atoms with van der Waals surface area (Å²) in [6.45, 7) is 3.99. The normalized spacial score (nSPS) is 10.7. The first-order chi connectivity index (χ1) is 10.9. The molecule has 2 rings (SSSR count). The lowest BCUT2D eigenvalue weighted by Gasteiger charge is -2.06. The minimum Gasteiger partial charge on any atom is -0.504 e. The summed E-state index contributed by atoms with van der Waals surface area (Å²) in [5.74, 6) is -0.151. The monoisotopic (exact) mass is 315 g/mol. The summed E-state index contributed by atoms with van der Waals surface area (Å²) in [5.41, 5.74) is 5.82. The molecule has 23 heavy (non-hydrogen) atoms. The molecule has 2 aromatic carbocycles. The smallest absolute Gasteiger partial charge is 0.282 e. The second-order valence-corrected chi connectivity index (χ2v) is 5.01. The number of anilines is 1. The minimum absolute atomic E-state index is 0.0379. The molecule has 0 heterocycles. The molecule has 0 aliphatic heterocycles. The average Bonchev–Trinajstić information content (AvgIpc) is 2.50. The molecule has 2 N–H and O–H groups in total. The van der Waals surface area contributed by atoms with Crippen molar-refractivity contribution in [1.29, 1.82) is 0 Å². The van der Waals surface area contributed by atoms with Crippen molar-refractivity contribution >= 4 is 17.6 Å². The third kappa shape index (κ3) is 3.76. The van der Waals surface area contributed by atoms with E-state index >= 15 is 0 Å². The van der Waals surface area contributed by atoms with Gasteiger partial charge in [-0.3, -0.25) is 15.5 Å². The summed E-state index contributed by atoms with van der Waals surface area (Å²) < 4.78 is 4.87. The summed E-state index contributed by atoms with van der Waals surface area (Å²) in [5, 5.41) is 24.8. The second-order valence-electron chi connectivity index (χ2n) is 5.01. The van der Waals surface area contributed by atoms with Gasteiger partial charge in [0.25, 0.3) is 5.69 Å². The van der Waals surface area contributed by atoms with E-state index in [1.165, 1.54) is 19.4 Å². The first-order valence-corrected chi connectivity index (χ1v) is 6.84. The number of nitrogens with one attached hydrogen (secondary N) is 1. The molecule has 0 aliphatic carbocycles. The highest BCUT2D eigenvalue weighted by molar-refractivity contribution is 5.87. The first kappa shape index (κ1) is 16.3. The van der Waals surface area contributed by atoms with Crippen LogP contribution in [0.3, 0.4) is 0 Å². The van der Waals surface area contributed by atoms with Crippen molar-refractivity contribution in [1.82, 2.24) is 0 Å². The number of hydrogen-bond acceptors (Lipinski definition) is 6. The summed E-state index contributed by atoms with van der Waals surface area (Å²) >= 11 is 0. The molecular weight excluding hydrogens is 298 g/mol. The zero-order valence-corrected chi connectivity index (χ0v) is 13.0. The van der Waals surface area contributed by atoms with Crippen molar-refractivity contribution in [2.45, 2.75) is 13.8 Å². The van der Waals surface area contributed by atoms with Gasteiger partial charge in [0, 0.05) is 0 Å². The quantitative estimate of drug-likeness (QED) is 0.501. The number of methoxy groups -OCH3 is 1. The van der Waals surface area contributed by atoms with Gasteiger partial charge in [0.15, 0.2) is 11.5 Å². The van der Waals surface area contributed by atoms with Crippen LogP contribution in [0.15, 0.2) is 35.4 Å². The fraction of sp³-hybridized carbons (Fsp3) is 0.188. The van der Waals surface area contributed by atoms with Crippen LogP contribution >= 0.6 is 0 Å². The van der Waals surface area contributed by atoms with E-state index in [0.29, 0.717) is 0 Å². The number of benzene rings is 2. The van der Waals surface area contributed by atoms with E-state index in [1.807, 2.05) is 32.0 Å². The van der Waals surface area contributed by atoms with Crippen LogP contribution < -0.4 is 10.2 Å². The summed E-state index contributed by atoms with van der Waals surface area (Å²) in [7, 11) is 1.33. The number of hydrogen-bond donors (Lipinski definition) is 2. The molecule has 0 spiro atoms. The van der Waals surface area contributed by atoms with Gasteiger partial charge >= 0.3 is 0 Å². The molecule has 0 bridgehead atoms. The molecule has 120 valence electrons. The third-order valence-electron chi connectivity index (χ3n) is 3.43. The Morgan fingerprint density at radius 1 is 1.26 bits per heavy atom. The number of ether oxygens (including phenoxy) is 1. The fourth-order valence-electron chi connectivity index (χ4n) is 1.99. The SMILES string of the molecule is COc1cc([N+](=O)[O-])c(C=NNc2ccc(C)c(C)c2)cc1O. The number of nitrogens with zero attached hydrogens (tertiary/aromatic N) is 2. The number of hydrazone groups is 1. The Bertz CT molecular complexity index is 772. The van der Waals surface area contributed by atoms with E-state index < -0.39 is 4.92 Å². The van der Waals surface area contributed by atoms with Crippen LogP contribution in [0.1, 0.15) is 16.7 Å². The van der Waals surface area contributed by atoms with Gasteiger partial charge in [-0.05, 0) is 43.2 Å². The van der Waals surface area contributed by atoms with Crippen molar-refractivity contribution in [3.63, 3.8) is 0 Å². The molecule has 0 aromatic heterocycles. The average molecular weight is 315 g/mol. The maximum atomic E-state index is 11.1. The first-order valence-electron chi connectivity index (χ1n) is 6.84. The largest absolute Gasteiger partial charge is 0.504 e. The highest BCUT2D eigenvalue weighted by Crippen LogP contribution is 2.32. The molecular formula is C16H17N3O4. The van der Waals surface area contributed by atoms with Crippen LogP contribution in [0.25, 0.3) is 0 Å². The second kappa shape index (κ2) is 6.78. The van der Waals surface area contributed by atoms with Gasteiger partial charge in [-0.25, -0.2) is 0 Å². The number of aromatic hydroxyl groups is 1. The topological polar surface area (TPSA) is 97.0 Å². The highest BCUT2D eigenvalue weighted by Gasteiger charge is 2.17. The van der Waals surface area contributed by atoms with E-state index in [1.54, 1.807) is 0 Å². The third-order valence-corrected chi connectivity index (χ3v) is 3.43. The molecule has 7 heteroatoms. The van der Waals surface area contributed by atoms with Gasteiger partial charge in [-0.1, -0.05) is 6.07 Å². The lowest BCUT2D eigenvalue weighted by atomic mass is 10.1. The van der Waals surface area contributed by atoms with Crippen molar-refractivity contribution in [2.75, 3.05) is 12.5 Å². The van der Waals surface area contributed by atoms with E-state index in [4.69, 9.17) is 4.74 Å². The molecule has 0 fully saturated rings. The molecule has 7 nitrogen and oxygen atoms in total.